The summed E-state index contributed by atoms with van der Waals surface area (Å²) >= 11 is 0. The molecule has 1 amide bonds. The van der Waals surface area contributed by atoms with Crippen LogP contribution in [-0.2, 0) is 4.79 Å². The monoisotopic (exact) mass is 129 g/mol. The average Bonchev–Trinajstić information content (AvgIpc) is 1.84. The Morgan fingerprint density at radius 3 is 2.11 bits per heavy atom. The first-order valence-corrected chi connectivity index (χ1v) is 3.38. The molecule has 0 fully saturated rings. The molecular formula is C7H15NO. The lowest BCUT2D eigenvalue weighted by molar-refractivity contribution is -0.122. The van der Waals surface area contributed by atoms with Gasteiger partial charge in [-0.2, -0.15) is 0 Å². The molecule has 0 heterocycles. The van der Waals surface area contributed by atoms with Crippen LogP contribution in [0.4, 0.5) is 0 Å². The molecule has 0 rings (SSSR count). The molecule has 2 heteroatoms. The maximum absolute atomic E-state index is 10.5. The third-order valence-electron chi connectivity index (χ3n) is 1.95. The van der Waals surface area contributed by atoms with E-state index < -0.39 is 0 Å². The molecule has 54 valence electrons. The van der Waals surface area contributed by atoms with Gasteiger partial charge < -0.3 is 5.73 Å². The van der Waals surface area contributed by atoms with Gasteiger partial charge in [0.25, 0.3) is 0 Å². The molecule has 0 aromatic rings. The lowest BCUT2D eigenvalue weighted by Gasteiger charge is -2.13. The zero-order valence-corrected chi connectivity index (χ0v) is 6.35. The van der Waals surface area contributed by atoms with Crippen LogP contribution in [0.25, 0.3) is 0 Å². The Kier molecular flexibility index (Phi) is 3.28. The van der Waals surface area contributed by atoms with Gasteiger partial charge >= 0.3 is 0 Å². The first kappa shape index (κ1) is 8.47. The van der Waals surface area contributed by atoms with Crippen LogP contribution in [-0.4, -0.2) is 5.91 Å². The van der Waals surface area contributed by atoms with E-state index >= 15 is 0 Å². The molecule has 0 aromatic carbocycles. The SMILES string of the molecule is CC[C@H](C)C(C)C(N)=O. The van der Waals surface area contributed by atoms with Crippen molar-refractivity contribution >= 4 is 5.91 Å². The Hall–Kier alpha value is -0.530. The number of amides is 1. The summed E-state index contributed by atoms with van der Waals surface area (Å²) in [7, 11) is 0. The van der Waals surface area contributed by atoms with Gasteiger partial charge in [0.2, 0.25) is 5.91 Å². The van der Waals surface area contributed by atoms with E-state index in [-0.39, 0.29) is 11.8 Å². The molecule has 0 aliphatic heterocycles. The van der Waals surface area contributed by atoms with Gasteiger partial charge in [-0.1, -0.05) is 27.2 Å². The van der Waals surface area contributed by atoms with Crippen molar-refractivity contribution in [3.05, 3.63) is 0 Å². The fourth-order valence-corrected chi connectivity index (χ4v) is 0.634. The van der Waals surface area contributed by atoms with Gasteiger partial charge in [-0.3, -0.25) is 4.79 Å². The fourth-order valence-electron chi connectivity index (χ4n) is 0.634. The van der Waals surface area contributed by atoms with E-state index in [2.05, 4.69) is 6.92 Å². The number of carbonyl (C=O) groups excluding carboxylic acids is 1. The van der Waals surface area contributed by atoms with E-state index in [1.54, 1.807) is 0 Å². The largest absolute Gasteiger partial charge is 0.369 e. The highest BCUT2D eigenvalue weighted by Crippen LogP contribution is 2.12. The van der Waals surface area contributed by atoms with Crippen molar-refractivity contribution in [3.63, 3.8) is 0 Å². The quantitative estimate of drug-likeness (QED) is 0.610. The van der Waals surface area contributed by atoms with Crippen molar-refractivity contribution in [1.29, 1.82) is 0 Å². The lowest BCUT2D eigenvalue weighted by atomic mass is 9.93. The summed E-state index contributed by atoms with van der Waals surface area (Å²) < 4.78 is 0. The second-order valence-electron chi connectivity index (χ2n) is 2.58. The Morgan fingerprint density at radius 1 is 1.56 bits per heavy atom. The standard InChI is InChI=1S/C7H15NO/c1-4-5(2)6(3)7(8)9/h5-6H,4H2,1-3H3,(H2,8,9)/t5-,6?/m0/s1. The molecule has 2 N–H and O–H groups in total. The molecular weight excluding hydrogens is 114 g/mol. The molecule has 0 saturated carbocycles. The van der Waals surface area contributed by atoms with E-state index in [9.17, 15) is 4.79 Å². The molecule has 0 spiro atoms. The molecule has 0 aliphatic rings. The van der Waals surface area contributed by atoms with E-state index in [1.807, 2.05) is 13.8 Å². The zero-order chi connectivity index (χ0) is 7.44. The van der Waals surface area contributed by atoms with Crippen molar-refractivity contribution in [2.45, 2.75) is 27.2 Å². The summed E-state index contributed by atoms with van der Waals surface area (Å²) in [5.41, 5.74) is 5.07. The molecule has 0 aliphatic carbocycles. The Bertz CT molecular complexity index is 101. The summed E-state index contributed by atoms with van der Waals surface area (Å²) in [6.07, 6.45) is 1.02. The Labute approximate surface area is 56.4 Å². The first-order chi connectivity index (χ1) is 4.09. The third kappa shape index (κ3) is 2.49. The third-order valence-corrected chi connectivity index (χ3v) is 1.95. The van der Waals surface area contributed by atoms with Gasteiger partial charge in [0, 0.05) is 5.92 Å². The van der Waals surface area contributed by atoms with Crippen LogP contribution in [0.1, 0.15) is 27.2 Å². The maximum atomic E-state index is 10.5. The predicted octanol–water partition coefficient (Wildman–Crippen LogP) is 1.15. The van der Waals surface area contributed by atoms with E-state index in [4.69, 9.17) is 5.73 Å². The minimum atomic E-state index is -0.190. The van der Waals surface area contributed by atoms with Crippen LogP contribution in [0.15, 0.2) is 0 Å². The second-order valence-corrected chi connectivity index (χ2v) is 2.58. The molecule has 0 saturated heterocycles. The van der Waals surface area contributed by atoms with Gasteiger partial charge in [-0.15, -0.1) is 0 Å². The normalized spacial score (nSPS) is 16.8. The van der Waals surface area contributed by atoms with Crippen LogP contribution < -0.4 is 5.73 Å². The highest BCUT2D eigenvalue weighted by molar-refractivity contribution is 5.76. The number of carbonyl (C=O) groups is 1. The Balaban J connectivity index is 3.72. The predicted molar refractivity (Wildman–Crippen MR) is 37.8 cm³/mol. The summed E-state index contributed by atoms with van der Waals surface area (Å²) in [6.45, 7) is 5.97. The number of hydrogen-bond acceptors (Lipinski definition) is 1. The van der Waals surface area contributed by atoms with Crippen molar-refractivity contribution in [3.8, 4) is 0 Å². The Morgan fingerprint density at radius 2 is 2.00 bits per heavy atom. The molecule has 0 aromatic heterocycles. The number of rotatable bonds is 3. The van der Waals surface area contributed by atoms with Crippen molar-refractivity contribution in [2.75, 3.05) is 0 Å². The van der Waals surface area contributed by atoms with Gasteiger partial charge in [-0.25, -0.2) is 0 Å². The molecule has 2 nitrogen and oxygen atoms in total. The van der Waals surface area contributed by atoms with E-state index in [0.717, 1.165) is 6.42 Å². The average molecular weight is 129 g/mol. The smallest absolute Gasteiger partial charge is 0.220 e. The molecule has 9 heavy (non-hydrogen) atoms. The molecule has 2 atom stereocenters. The maximum Gasteiger partial charge on any atom is 0.220 e. The van der Waals surface area contributed by atoms with Crippen molar-refractivity contribution in [1.82, 2.24) is 0 Å². The van der Waals surface area contributed by atoms with Gasteiger partial charge in [0.05, 0.1) is 0 Å². The van der Waals surface area contributed by atoms with Gasteiger partial charge in [-0.05, 0) is 5.92 Å². The number of hydrogen-bond donors (Lipinski definition) is 1. The second kappa shape index (κ2) is 3.49. The minimum Gasteiger partial charge on any atom is -0.369 e. The van der Waals surface area contributed by atoms with Crippen LogP contribution in [0.3, 0.4) is 0 Å². The summed E-state index contributed by atoms with van der Waals surface area (Å²) in [5.74, 6) is 0.252. The fraction of sp³-hybridized carbons (Fsp3) is 0.857. The summed E-state index contributed by atoms with van der Waals surface area (Å²) in [6, 6.07) is 0. The van der Waals surface area contributed by atoms with Crippen LogP contribution >= 0.6 is 0 Å². The summed E-state index contributed by atoms with van der Waals surface area (Å²) in [4.78, 5) is 10.5. The van der Waals surface area contributed by atoms with Crippen molar-refractivity contribution < 1.29 is 4.79 Å². The minimum absolute atomic E-state index is 0.0231. The van der Waals surface area contributed by atoms with Gasteiger partial charge in [0.15, 0.2) is 0 Å². The molecule has 0 radical (unpaired) electrons. The highest BCUT2D eigenvalue weighted by atomic mass is 16.1. The van der Waals surface area contributed by atoms with E-state index in [1.165, 1.54) is 0 Å². The molecule has 0 bridgehead atoms. The zero-order valence-electron chi connectivity index (χ0n) is 6.35. The first-order valence-electron chi connectivity index (χ1n) is 3.38. The number of primary amides is 1. The lowest BCUT2D eigenvalue weighted by Crippen LogP contribution is -2.25. The van der Waals surface area contributed by atoms with E-state index in [0.29, 0.717) is 5.92 Å². The summed E-state index contributed by atoms with van der Waals surface area (Å²) in [5, 5.41) is 0. The molecule has 1 unspecified atom stereocenters. The van der Waals surface area contributed by atoms with Crippen LogP contribution in [0.2, 0.25) is 0 Å². The highest BCUT2D eigenvalue weighted by Gasteiger charge is 2.14. The van der Waals surface area contributed by atoms with Gasteiger partial charge in [0.1, 0.15) is 0 Å². The van der Waals surface area contributed by atoms with Crippen LogP contribution in [0.5, 0.6) is 0 Å². The number of nitrogens with two attached hydrogens (primary N) is 1. The topological polar surface area (TPSA) is 43.1 Å². The van der Waals surface area contributed by atoms with Crippen LogP contribution in [0, 0.1) is 11.8 Å². The van der Waals surface area contributed by atoms with Crippen molar-refractivity contribution in [2.24, 2.45) is 17.6 Å².